The van der Waals surface area contributed by atoms with Crippen molar-refractivity contribution in [3.05, 3.63) is 29.6 Å². The molecule has 1 aromatic heterocycles. The average molecular weight is 341 g/mol. The second kappa shape index (κ2) is 6.45. The number of nitrogens with one attached hydrogen (secondary N) is 1. The number of carbonyl (C=O) groups is 1. The molecule has 4 rings (SSSR count). The zero-order valence-electron chi connectivity index (χ0n) is 15.3. The molecule has 2 saturated heterocycles. The van der Waals surface area contributed by atoms with Gasteiger partial charge in [0.15, 0.2) is 0 Å². The highest BCUT2D eigenvalue weighted by atomic mass is 16.5. The topological polar surface area (TPSA) is 58.2 Å². The largest absolute Gasteiger partial charge is 0.377 e. The zero-order valence-corrected chi connectivity index (χ0v) is 15.3. The fourth-order valence-corrected chi connectivity index (χ4v) is 4.36. The van der Waals surface area contributed by atoms with Crippen LogP contribution in [-0.2, 0) is 9.53 Å². The van der Waals surface area contributed by atoms with E-state index in [9.17, 15) is 4.79 Å². The van der Waals surface area contributed by atoms with Crippen molar-refractivity contribution in [2.75, 3.05) is 13.2 Å². The molecule has 0 unspecified atom stereocenters. The molecule has 1 aromatic carbocycles. The number of fused-ring (bicyclic) bond motifs is 1. The van der Waals surface area contributed by atoms with E-state index < -0.39 is 0 Å². The number of nitrogens with zero attached hydrogens (tertiary/aromatic N) is 2. The number of imidazole rings is 1. The minimum absolute atomic E-state index is 0.00720. The molecule has 1 N–H and O–H groups in total. The van der Waals surface area contributed by atoms with Crippen LogP contribution in [0.4, 0.5) is 0 Å². The van der Waals surface area contributed by atoms with Crippen LogP contribution in [0.2, 0.25) is 0 Å². The Kier molecular flexibility index (Phi) is 4.28. The lowest BCUT2D eigenvalue weighted by atomic mass is 9.91. The van der Waals surface area contributed by atoms with Gasteiger partial charge in [-0.25, -0.2) is 4.98 Å². The van der Waals surface area contributed by atoms with Crippen LogP contribution < -0.4 is 0 Å². The van der Waals surface area contributed by atoms with E-state index in [1.165, 1.54) is 5.56 Å². The lowest BCUT2D eigenvalue weighted by Crippen LogP contribution is -2.40. The van der Waals surface area contributed by atoms with E-state index >= 15 is 0 Å². The highest BCUT2D eigenvalue weighted by Gasteiger charge is 2.42. The third-order valence-electron chi connectivity index (χ3n) is 5.62. The van der Waals surface area contributed by atoms with Crippen molar-refractivity contribution in [2.24, 2.45) is 11.8 Å². The first-order valence-electron chi connectivity index (χ1n) is 9.43. The monoisotopic (exact) mass is 341 g/mol. The predicted octanol–water partition coefficient (Wildman–Crippen LogP) is 3.60. The molecular formula is C20H27N3O2. The molecule has 3 heterocycles. The molecule has 3 atom stereocenters. The molecule has 2 aliphatic rings. The molecule has 134 valence electrons. The summed E-state index contributed by atoms with van der Waals surface area (Å²) in [5.41, 5.74) is 3.24. The van der Waals surface area contributed by atoms with Crippen LogP contribution in [0.1, 0.15) is 50.5 Å². The van der Waals surface area contributed by atoms with Gasteiger partial charge in [0, 0.05) is 13.2 Å². The smallest absolute Gasteiger partial charge is 0.229 e. The summed E-state index contributed by atoms with van der Waals surface area (Å²) in [5, 5.41) is 0. The SMILES string of the molecule is Cc1ccc2nc([C@@H]3CCCN3C(=O)[C@H]3CCO[C@@H]3C(C)C)[nH]c2c1. The van der Waals surface area contributed by atoms with Gasteiger partial charge in [0.1, 0.15) is 5.82 Å². The van der Waals surface area contributed by atoms with Gasteiger partial charge in [-0.1, -0.05) is 19.9 Å². The summed E-state index contributed by atoms with van der Waals surface area (Å²) >= 11 is 0. The summed E-state index contributed by atoms with van der Waals surface area (Å²) in [5.74, 6) is 1.53. The predicted molar refractivity (Wildman–Crippen MR) is 97.2 cm³/mol. The Hall–Kier alpha value is -1.88. The molecule has 1 amide bonds. The molecule has 5 nitrogen and oxygen atoms in total. The summed E-state index contributed by atoms with van der Waals surface area (Å²) in [6.45, 7) is 7.87. The van der Waals surface area contributed by atoms with Gasteiger partial charge in [-0.2, -0.15) is 0 Å². The molecular weight excluding hydrogens is 314 g/mol. The van der Waals surface area contributed by atoms with Gasteiger partial charge in [0.2, 0.25) is 5.91 Å². The summed E-state index contributed by atoms with van der Waals surface area (Å²) < 4.78 is 5.84. The van der Waals surface area contributed by atoms with Crippen LogP contribution in [0.3, 0.4) is 0 Å². The Morgan fingerprint density at radius 3 is 3.00 bits per heavy atom. The Labute approximate surface area is 148 Å². The van der Waals surface area contributed by atoms with Crippen molar-refractivity contribution >= 4 is 16.9 Å². The highest BCUT2D eigenvalue weighted by Crippen LogP contribution is 2.36. The zero-order chi connectivity index (χ0) is 17.6. The van der Waals surface area contributed by atoms with E-state index in [4.69, 9.17) is 9.72 Å². The van der Waals surface area contributed by atoms with Crippen molar-refractivity contribution in [3.63, 3.8) is 0 Å². The first-order chi connectivity index (χ1) is 12.0. The van der Waals surface area contributed by atoms with E-state index in [1.807, 2.05) is 11.0 Å². The molecule has 5 heteroatoms. The second-order valence-electron chi connectivity index (χ2n) is 7.81. The fourth-order valence-electron chi connectivity index (χ4n) is 4.36. The normalized spacial score (nSPS) is 26.9. The molecule has 0 spiro atoms. The lowest BCUT2D eigenvalue weighted by molar-refractivity contribution is -0.139. The van der Waals surface area contributed by atoms with Gasteiger partial charge in [-0.05, 0) is 49.8 Å². The number of ether oxygens (including phenoxy) is 1. The quantitative estimate of drug-likeness (QED) is 0.928. The molecule has 2 aromatic rings. The number of aryl methyl sites for hydroxylation is 1. The third-order valence-corrected chi connectivity index (χ3v) is 5.62. The average Bonchev–Trinajstić information content (AvgIpc) is 3.31. The molecule has 25 heavy (non-hydrogen) atoms. The van der Waals surface area contributed by atoms with Crippen LogP contribution in [0.5, 0.6) is 0 Å². The van der Waals surface area contributed by atoms with E-state index in [1.54, 1.807) is 0 Å². The van der Waals surface area contributed by atoms with E-state index in [0.29, 0.717) is 12.5 Å². The highest BCUT2D eigenvalue weighted by molar-refractivity contribution is 5.81. The minimum atomic E-state index is -0.00720. The van der Waals surface area contributed by atoms with Crippen LogP contribution in [0, 0.1) is 18.8 Å². The number of likely N-dealkylation sites (tertiary alicyclic amines) is 1. The third kappa shape index (κ3) is 2.95. The Bertz CT molecular complexity index is 782. The Morgan fingerprint density at radius 2 is 2.20 bits per heavy atom. The molecule has 0 saturated carbocycles. The molecule has 0 bridgehead atoms. The number of hydrogen-bond acceptors (Lipinski definition) is 3. The maximum atomic E-state index is 13.2. The lowest BCUT2D eigenvalue weighted by Gasteiger charge is -2.29. The van der Waals surface area contributed by atoms with Gasteiger partial charge in [-0.3, -0.25) is 4.79 Å². The minimum Gasteiger partial charge on any atom is -0.377 e. The number of aromatic amines is 1. The number of hydrogen-bond donors (Lipinski definition) is 1. The fraction of sp³-hybridized carbons (Fsp3) is 0.600. The molecule has 2 aliphatic heterocycles. The van der Waals surface area contributed by atoms with Gasteiger partial charge in [0.05, 0.1) is 29.1 Å². The maximum absolute atomic E-state index is 13.2. The summed E-state index contributed by atoms with van der Waals surface area (Å²) in [4.78, 5) is 23.5. The number of carbonyl (C=O) groups excluding carboxylic acids is 1. The summed E-state index contributed by atoms with van der Waals surface area (Å²) in [7, 11) is 0. The Morgan fingerprint density at radius 1 is 1.36 bits per heavy atom. The summed E-state index contributed by atoms with van der Waals surface area (Å²) in [6.07, 6.45) is 2.90. The van der Waals surface area contributed by atoms with E-state index in [0.717, 1.165) is 42.7 Å². The van der Waals surface area contributed by atoms with Crippen molar-refractivity contribution < 1.29 is 9.53 Å². The van der Waals surface area contributed by atoms with Crippen molar-refractivity contribution in [2.45, 2.75) is 52.2 Å². The van der Waals surface area contributed by atoms with Gasteiger partial charge in [0.25, 0.3) is 0 Å². The van der Waals surface area contributed by atoms with Gasteiger partial charge < -0.3 is 14.6 Å². The number of rotatable bonds is 3. The number of H-pyrrole nitrogens is 1. The molecule has 0 aliphatic carbocycles. The van der Waals surface area contributed by atoms with Crippen molar-refractivity contribution in [3.8, 4) is 0 Å². The first kappa shape index (κ1) is 16.6. The number of amides is 1. The maximum Gasteiger partial charge on any atom is 0.229 e. The second-order valence-corrected chi connectivity index (χ2v) is 7.81. The van der Waals surface area contributed by atoms with E-state index in [2.05, 4.69) is 37.9 Å². The molecule has 2 fully saturated rings. The van der Waals surface area contributed by atoms with Crippen LogP contribution >= 0.6 is 0 Å². The standard InChI is InChI=1S/C20H27N3O2/c1-12(2)18-14(8-10-25-18)20(24)23-9-4-5-17(23)19-21-15-7-6-13(3)11-16(15)22-19/h6-7,11-12,14,17-18H,4-5,8-10H2,1-3H3,(H,21,22)/t14-,17-,18+/m0/s1. The van der Waals surface area contributed by atoms with Crippen LogP contribution in [-0.4, -0.2) is 40.0 Å². The van der Waals surface area contributed by atoms with Crippen LogP contribution in [0.15, 0.2) is 18.2 Å². The summed E-state index contributed by atoms with van der Waals surface area (Å²) in [6, 6.07) is 6.31. The first-order valence-corrected chi connectivity index (χ1v) is 9.43. The number of aromatic nitrogens is 2. The van der Waals surface area contributed by atoms with Gasteiger partial charge >= 0.3 is 0 Å². The van der Waals surface area contributed by atoms with Crippen molar-refractivity contribution in [1.82, 2.24) is 14.9 Å². The van der Waals surface area contributed by atoms with Crippen molar-refractivity contribution in [1.29, 1.82) is 0 Å². The van der Waals surface area contributed by atoms with E-state index in [-0.39, 0.29) is 24.0 Å². The Balaban J connectivity index is 1.60. The number of benzene rings is 1. The van der Waals surface area contributed by atoms with Gasteiger partial charge in [-0.15, -0.1) is 0 Å². The molecule has 0 radical (unpaired) electrons. The van der Waals surface area contributed by atoms with Crippen LogP contribution in [0.25, 0.3) is 11.0 Å².